The Labute approximate surface area is 207 Å². The summed E-state index contributed by atoms with van der Waals surface area (Å²) in [6, 6.07) is 16.5. The molecule has 0 aromatic heterocycles. The van der Waals surface area contributed by atoms with E-state index in [1.54, 1.807) is 31.9 Å². The first-order valence-corrected chi connectivity index (χ1v) is 21.7. The van der Waals surface area contributed by atoms with Gasteiger partial charge in [-0.2, -0.15) is 0 Å². The van der Waals surface area contributed by atoms with Crippen molar-refractivity contribution in [2.45, 2.75) is 86.9 Å². The Balaban J connectivity index is 2.22. The topological polar surface area (TPSA) is 0 Å². The van der Waals surface area contributed by atoms with Crippen LogP contribution in [0, 0.1) is 19.8 Å². The molecular weight excluding hydrogens is 445 g/mol. The highest BCUT2D eigenvalue weighted by molar-refractivity contribution is 6.91. The van der Waals surface area contributed by atoms with Crippen molar-refractivity contribution in [2.75, 3.05) is 0 Å². The molecular formula is C30H46Si3. The van der Waals surface area contributed by atoms with Crippen molar-refractivity contribution in [2.24, 2.45) is 5.92 Å². The summed E-state index contributed by atoms with van der Waals surface area (Å²) < 4.78 is 0. The van der Waals surface area contributed by atoms with E-state index in [0.29, 0.717) is 5.92 Å². The molecule has 0 aliphatic heterocycles. The Kier molecular flexibility index (Phi) is 7.39. The molecule has 2 aromatic carbocycles. The minimum absolute atomic E-state index is 0.605. The zero-order chi connectivity index (χ0) is 24.9. The average molecular weight is 491 g/mol. The van der Waals surface area contributed by atoms with Gasteiger partial charge in [0.25, 0.3) is 0 Å². The number of benzene rings is 2. The van der Waals surface area contributed by atoms with Crippen molar-refractivity contribution in [3.8, 4) is 0 Å². The van der Waals surface area contributed by atoms with E-state index in [9.17, 15) is 0 Å². The molecule has 0 bridgehead atoms. The third kappa shape index (κ3) is 5.63. The maximum Gasteiger partial charge on any atom is 0.104 e. The van der Waals surface area contributed by atoms with Crippen LogP contribution in [0.3, 0.4) is 0 Å². The summed E-state index contributed by atoms with van der Waals surface area (Å²) in [7, 11) is -4.17. The third-order valence-corrected chi connectivity index (χ3v) is 15.3. The monoisotopic (exact) mass is 490 g/mol. The first kappa shape index (κ1) is 26.2. The Morgan fingerprint density at radius 3 is 1.27 bits per heavy atom. The number of aryl methyl sites for hydroxylation is 2. The van der Waals surface area contributed by atoms with Crippen LogP contribution in [0.5, 0.6) is 0 Å². The molecule has 0 fully saturated rings. The van der Waals surface area contributed by atoms with Crippen molar-refractivity contribution in [3.05, 3.63) is 69.8 Å². The van der Waals surface area contributed by atoms with Gasteiger partial charge in [0, 0.05) is 0 Å². The van der Waals surface area contributed by atoms with Gasteiger partial charge in [-0.1, -0.05) is 119 Å². The fourth-order valence-electron chi connectivity index (χ4n) is 5.39. The molecule has 3 rings (SSSR count). The van der Waals surface area contributed by atoms with Gasteiger partial charge in [0.15, 0.2) is 0 Å². The maximum atomic E-state index is 2.62. The molecule has 0 radical (unpaired) electrons. The Morgan fingerprint density at radius 2 is 0.939 bits per heavy atom. The second kappa shape index (κ2) is 9.31. The third-order valence-electron chi connectivity index (χ3n) is 8.00. The van der Waals surface area contributed by atoms with Gasteiger partial charge in [0.2, 0.25) is 0 Å². The molecule has 0 atom stereocenters. The molecule has 0 heterocycles. The maximum absolute atomic E-state index is 2.62. The summed E-state index contributed by atoms with van der Waals surface area (Å²) in [6.45, 7) is 29.0. The highest BCUT2D eigenvalue weighted by Crippen LogP contribution is 2.39. The molecule has 1 aliphatic rings. The SMILES string of the molecule is CC1=C(C)C(C[SiH](c2cc(C)cc([Si](C)(C)C)c2)c2cc(C)cc([Si](C)(C)C)c2)C(C)=C1C. The van der Waals surface area contributed by atoms with Crippen molar-refractivity contribution in [3.63, 3.8) is 0 Å². The Bertz CT molecular complexity index is 1030. The van der Waals surface area contributed by atoms with Gasteiger partial charge in [0.05, 0.1) is 16.1 Å². The van der Waals surface area contributed by atoms with Gasteiger partial charge >= 0.3 is 0 Å². The summed E-state index contributed by atoms with van der Waals surface area (Å²) in [5.41, 5.74) is 9.17. The zero-order valence-electron chi connectivity index (χ0n) is 23.3. The molecule has 0 amide bonds. The number of rotatable bonds is 6. The highest BCUT2D eigenvalue weighted by Gasteiger charge is 2.31. The molecule has 0 N–H and O–H groups in total. The van der Waals surface area contributed by atoms with Gasteiger partial charge < -0.3 is 0 Å². The van der Waals surface area contributed by atoms with Crippen LogP contribution in [0.1, 0.15) is 38.8 Å². The van der Waals surface area contributed by atoms with E-state index < -0.39 is 24.9 Å². The van der Waals surface area contributed by atoms with E-state index in [-0.39, 0.29) is 0 Å². The molecule has 178 valence electrons. The molecule has 0 saturated heterocycles. The lowest BCUT2D eigenvalue weighted by molar-refractivity contribution is 0.806. The quantitative estimate of drug-likeness (QED) is 0.433. The van der Waals surface area contributed by atoms with E-state index in [1.807, 2.05) is 0 Å². The lowest BCUT2D eigenvalue weighted by Gasteiger charge is -2.27. The normalized spacial score (nSPS) is 15.9. The van der Waals surface area contributed by atoms with Gasteiger partial charge in [-0.25, -0.2) is 0 Å². The standard InChI is InChI=1S/C30H46Si3/c1-20-13-26(17-28(15-20)32(7,8)9)31(19-30-24(5)22(3)23(4)25(30)6)27-14-21(2)16-29(18-27)33(10,11)12/h13-18,30-31H,19H2,1-12H3. The molecule has 3 heteroatoms. The van der Waals surface area contributed by atoms with Crippen LogP contribution in [0.15, 0.2) is 58.7 Å². The molecule has 1 aliphatic carbocycles. The number of hydrogen-bond donors (Lipinski definition) is 0. The summed E-state index contributed by atoms with van der Waals surface area (Å²) in [6.07, 6.45) is 0. The fraction of sp³-hybridized carbons (Fsp3) is 0.467. The van der Waals surface area contributed by atoms with Crippen molar-refractivity contribution >= 4 is 45.7 Å². The van der Waals surface area contributed by atoms with E-state index in [4.69, 9.17) is 0 Å². The van der Waals surface area contributed by atoms with Crippen molar-refractivity contribution < 1.29 is 0 Å². The highest BCUT2D eigenvalue weighted by atomic mass is 28.3. The molecule has 0 saturated carbocycles. The van der Waals surface area contributed by atoms with Gasteiger partial charge in [-0.15, -0.1) is 0 Å². The van der Waals surface area contributed by atoms with Crippen LogP contribution in [-0.2, 0) is 0 Å². The lowest BCUT2D eigenvalue weighted by Crippen LogP contribution is -2.50. The predicted octanol–water partition coefficient (Wildman–Crippen LogP) is 6.04. The van der Waals surface area contributed by atoms with E-state index in [0.717, 1.165) is 0 Å². The average Bonchev–Trinajstić information content (AvgIpc) is 2.87. The summed E-state index contributed by atoms with van der Waals surface area (Å²) in [5.74, 6) is 0.605. The molecule has 33 heavy (non-hydrogen) atoms. The van der Waals surface area contributed by atoms with Crippen LogP contribution >= 0.6 is 0 Å². The second-order valence-corrected chi connectivity index (χ2v) is 25.8. The van der Waals surface area contributed by atoms with Crippen LogP contribution in [0.2, 0.25) is 45.3 Å². The zero-order valence-corrected chi connectivity index (χ0v) is 26.5. The minimum atomic E-state index is -1.41. The van der Waals surface area contributed by atoms with E-state index in [2.05, 4.69) is 117 Å². The summed E-state index contributed by atoms with van der Waals surface area (Å²) >= 11 is 0. The minimum Gasteiger partial charge on any atom is -0.0656 e. The molecule has 2 aromatic rings. The second-order valence-electron chi connectivity index (χ2n) is 12.7. The van der Waals surface area contributed by atoms with Gasteiger partial charge in [-0.3, -0.25) is 0 Å². The first-order valence-electron chi connectivity index (χ1n) is 12.7. The van der Waals surface area contributed by atoms with Gasteiger partial charge in [0.1, 0.15) is 8.80 Å². The molecule has 0 unspecified atom stereocenters. The summed E-state index contributed by atoms with van der Waals surface area (Å²) in [5, 5.41) is 6.54. The number of allylic oxidation sites excluding steroid dienone is 4. The van der Waals surface area contributed by atoms with E-state index in [1.165, 1.54) is 28.3 Å². The smallest absolute Gasteiger partial charge is 0.0656 e. The van der Waals surface area contributed by atoms with E-state index >= 15 is 0 Å². The van der Waals surface area contributed by atoms with Gasteiger partial charge in [-0.05, 0) is 64.7 Å². The predicted molar refractivity (Wildman–Crippen MR) is 160 cm³/mol. The Hall–Kier alpha value is -1.43. The largest absolute Gasteiger partial charge is 0.104 e. The first-order chi connectivity index (χ1) is 15.1. The number of hydrogen-bond acceptors (Lipinski definition) is 0. The lowest BCUT2D eigenvalue weighted by atomic mass is 9.99. The van der Waals surface area contributed by atoms with Crippen LogP contribution < -0.4 is 20.7 Å². The van der Waals surface area contributed by atoms with Crippen molar-refractivity contribution in [1.29, 1.82) is 0 Å². The van der Waals surface area contributed by atoms with Crippen molar-refractivity contribution in [1.82, 2.24) is 0 Å². The fourth-order valence-corrected chi connectivity index (χ4v) is 12.0. The summed E-state index contributed by atoms with van der Waals surface area (Å²) in [4.78, 5) is 0. The molecule has 0 spiro atoms. The van der Waals surface area contributed by atoms with Crippen LogP contribution in [0.25, 0.3) is 0 Å². The Morgan fingerprint density at radius 1 is 0.576 bits per heavy atom. The molecule has 0 nitrogen and oxygen atoms in total. The van der Waals surface area contributed by atoms with Crippen LogP contribution in [0.4, 0.5) is 0 Å². The van der Waals surface area contributed by atoms with Crippen LogP contribution in [-0.4, -0.2) is 24.9 Å².